The summed E-state index contributed by atoms with van der Waals surface area (Å²) in [4.78, 5) is 1.72. The molecule has 0 saturated carbocycles. The summed E-state index contributed by atoms with van der Waals surface area (Å²) in [5, 5.41) is 17.4. The molecule has 0 amide bonds. The van der Waals surface area contributed by atoms with E-state index in [1.54, 1.807) is 18.0 Å². The molecular weight excluding hydrogens is 269 g/mol. The van der Waals surface area contributed by atoms with Crippen LogP contribution in [0.2, 0.25) is 0 Å². The minimum Gasteiger partial charge on any atom is -0.396 e. The van der Waals surface area contributed by atoms with Crippen molar-refractivity contribution in [2.45, 2.75) is 25.4 Å². The molecule has 0 heterocycles. The Labute approximate surface area is 116 Å². The number of aliphatic hydroxyl groups is 1. The van der Waals surface area contributed by atoms with Crippen molar-refractivity contribution < 1.29 is 18.3 Å². The molecule has 0 aromatic heterocycles. The van der Waals surface area contributed by atoms with Crippen LogP contribution in [0.5, 0.6) is 0 Å². The average molecular weight is 286 g/mol. The summed E-state index contributed by atoms with van der Waals surface area (Å²) in [5.74, 6) is 0. The van der Waals surface area contributed by atoms with Gasteiger partial charge in [0.1, 0.15) is 0 Å². The Morgan fingerprint density at radius 3 is 2.50 bits per heavy atom. The third kappa shape index (κ3) is 4.42. The highest BCUT2D eigenvalue weighted by molar-refractivity contribution is 5.54. The second-order valence-electron chi connectivity index (χ2n) is 4.55. The standard InChI is InChI=1S/C14H17F3N2O/c1-19(7-3-2-4-8-20)12-6-5-11(10-18)13(9-12)14(15,16)17/h5-6,9,20H,2-4,7-8H2,1H3. The molecule has 1 N–H and O–H groups in total. The zero-order valence-corrected chi connectivity index (χ0v) is 11.2. The van der Waals surface area contributed by atoms with Crippen molar-refractivity contribution in [1.82, 2.24) is 0 Å². The molecule has 0 bridgehead atoms. The number of rotatable bonds is 6. The number of hydrogen-bond donors (Lipinski definition) is 1. The van der Waals surface area contributed by atoms with Crippen molar-refractivity contribution in [3.63, 3.8) is 0 Å². The van der Waals surface area contributed by atoms with Crippen molar-refractivity contribution in [3.05, 3.63) is 29.3 Å². The lowest BCUT2D eigenvalue weighted by Gasteiger charge is -2.21. The van der Waals surface area contributed by atoms with E-state index in [0.717, 1.165) is 18.9 Å². The molecule has 0 saturated heterocycles. The van der Waals surface area contributed by atoms with Crippen LogP contribution in [0.3, 0.4) is 0 Å². The van der Waals surface area contributed by atoms with Gasteiger partial charge in [0.25, 0.3) is 0 Å². The van der Waals surface area contributed by atoms with E-state index in [-0.39, 0.29) is 12.2 Å². The average Bonchev–Trinajstić information content (AvgIpc) is 2.41. The highest BCUT2D eigenvalue weighted by Crippen LogP contribution is 2.34. The third-order valence-electron chi connectivity index (χ3n) is 3.02. The molecule has 0 aliphatic rings. The summed E-state index contributed by atoms with van der Waals surface area (Å²) in [6.45, 7) is 0.724. The molecule has 3 nitrogen and oxygen atoms in total. The van der Waals surface area contributed by atoms with Gasteiger partial charge in [-0.1, -0.05) is 0 Å². The van der Waals surface area contributed by atoms with Crippen molar-refractivity contribution in [1.29, 1.82) is 5.26 Å². The number of nitrogens with zero attached hydrogens (tertiary/aromatic N) is 2. The molecule has 0 spiro atoms. The fraction of sp³-hybridized carbons (Fsp3) is 0.500. The molecular formula is C14H17F3N2O. The second kappa shape index (κ2) is 7.15. The largest absolute Gasteiger partial charge is 0.417 e. The number of benzene rings is 1. The minimum absolute atomic E-state index is 0.124. The Bertz CT molecular complexity index is 480. The maximum absolute atomic E-state index is 12.8. The van der Waals surface area contributed by atoms with E-state index in [4.69, 9.17) is 10.4 Å². The molecule has 0 unspecified atom stereocenters. The molecule has 6 heteroatoms. The van der Waals surface area contributed by atoms with Gasteiger partial charge >= 0.3 is 6.18 Å². The highest BCUT2D eigenvalue weighted by Gasteiger charge is 2.34. The fourth-order valence-electron chi connectivity index (χ4n) is 1.87. The zero-order valence-electron chi connectivity index (χ0n) is 11.2. The van der Waals surface area contributed by atoms with Gasteiger partial charge < -0.3 is 10.0 Å². The third-order valence-corrected chi connectivity index (χ3v) is 3.02. The van der Waals surface area contributed by atoms with Crippen molar-refractivity contribution in [2.75, 3.05) is 25.1 Å². The molecule has 110 valence electrons. The van der Waals surface area contributed by atoms with Gasteiger partial charge in [-0.05, 0) is 37.5 Å². The Balaban J connectivity index is 2.84. The predicted octanol–water partition coefficient (Wildman–Crippen LogP) is 3.18. The monoisotopic (exact) mass is 286 g/mol. The minimum atomic E-state index is -4.53. The number of unbranched alkanes of at least 4 members (excludes halogenated alkanes) is 2. The van der Waals surface area contributed by atoms with E-state index >= 15 is 0 Å². The number of hydrogen-bond acceptors (Lipinski definition) is 3. The van der Waals surface area contributed by atoms with Crippen molar-refractivity contribution in [2.24, 2.45) is 0 Å². The molecule has 1 aromatic carbocycles. The summed E-state index contributed by atoms with van der Waals surface area (Å²) in [7, 11) is 1.71. The van der Waals surface area contributed by atoms with Gasteiger partial charge in [-0.2, -0.15) is 18.4 Å². The lowest BCUT2D eigenvalue weighted by atomic mass is 10.1. The second-order valence-corrected chi connectivity index (χ2v) is 4.55. The van der Waals surface area contributed by atoms with E-state index in [9.17, 15) is 13.2 Å². The first-order chi connectivity index (χ1) is 9.40. The molecule has 0 fully saturated rings. The quantitative estimate of drug-likeness (QED) is 0.817. The fourth-order valence-corrected chi connectivity index (χ4v) is 1.87. The summed E-state index contributed by atoms with van der Waals surface area (Å²) in [6.07, 6.45) is -2.23. The van der Waals surface area contributed by atoms with Crippen LogP contribution in [0, 0.1) is 11.3 Å². The van der Waals surface area contributed by atoms with Gasteiger partial charge in [-0.15, -0.1) is 0 Å². The van der Waals surface area contributed by atoms with E-state index in [1.807, 2.05) is 0 Å². The van der Waals surface area contributed by atoms with Gasteiger partial charge in [0.2, 0.25) is 0 Å². The first kappa shape index (κ1) is 16.3. The summed E-state index contributed by atoms with van der Waals surface area (Å²) >= 11 is 0. The Hall–Kier alpha value is -1.74. The number of alkyl halides is 3. The maximum Gasteiger partial charge on any atom is 0.417 e. The van der Waals surface area contributed by atoms with Crippen LogP contribution in [-0.4, -0.2) is 25.3 Å². The summed E-state index contributed by atoms with van der Waals surface area (Å²) < 4.78 is 38.5. The molecule has 1 rings (SSSR count). The van der Waals surface area contributed by atoms with Crippen LogP contribution in [-0.2, 0) is 6.18 Å². The van der Waals surface area contributed by atoms with Crippen molar-refractivity contribution >= 4 is 5.69 Å². The molecule has 0 aliphatic heterocycles. The molecule has 0 aliphatic carbocycles. The molecule has 1 aromatic rings. The van der Waals surface area contributed by atoms with Crippen LogP contribution in [0.15, 0.2) is 18.2 Å². The van der Waals surface area contributed by atoms with Crippen LogP contribution >= 0.6 is 0 Å². The molecule has 20 heavy (non-hydrogen) atoms. The Morgan fingerprint density at radius 2 is 1.95 bits per heavy atom. The Kier molecular flexibility index (Phi) is 5.83. The van der Waals surface area contributed by atoms with Gasteiger partial charge in [0, 0.05) is 25.9 Å². The van der Waals surface area contributed by atoms with E-state index in [2.05, 4.69) is 0 Å². The Morgan fingerprint density at radius 1 is 1.25 bits per heavy atom. The van der Waals surface area contributed by atoms with Crippen LogP contribution in [0.25, 0.3) is 0 Å². The zero-order chi connectivity index (χ0) is 15.2. The maximum atomic E-state index is 12.8. The van der Waals surface area contributed by atoms with Gasteiger partial charge in [-0.25, -0.2) is 0 Å². The molecule has 0 atom stereocenters. The summed E-state index contributed by atoms with van der Waals surface area (Å²) in [5.41, 5.74) is -0.838. The number of anilines is 1. The van der Waals surface area contributed by atoms with E-state index < -0.39 is 11.7 Å². The highest BCUT2D eigenvalue weighted by atomic mass is 19.4. The van der Waals surface area contributed by atoms with Gasteiger partial charge in [0.15, 0.2) is 0 Å². The van der Waals surface area contributed by atoms with E-state index in [1.165, 1.54) is 12.1 Å². The predicted molar refractivity (Wildman–Crippen MR) is 70.4 cm³/mol. The van der Waals surface area contributed by atoms with Crippen LogP contribution in [0.4, 0.5) is 18.9 Å². The lowest BCUT2D eigenvalue weighted by molar-refractivity contribution is -0.137. The van der Waals surface area contributed by atoms with E-state index in [0.29, 0.717) is 18.7 Å². The normalized spacial score (nSPS) is 11.2. The topological polar surface area (TPSA) is 47.3 Å². The number of aliphatic hydroxyl groups excluding tert-OH is 1. The van der Waals surface area contributed by atoms with Crippen LogP contribution in [0.1, 0.15) is 30.4 Å². The number of halogens is 3. The first-order valence-electron chi connectivity index (χ1n) is 6.33. The SMILES string of the molecule is CN(CCCCCO)c1ccc(C#N)c(C(F)(F)F)c1. The first-order valence-corrected chi connectivity index (χ1v) is 6.33. The molecule has 0 radical (unpaired) electrons. The van der Waals surface area contributed by atoms with Crippen molar-refractivity contribution in [3.8, 4) is 6.07 Å². The van der Waals surface area contributed by atoms with Gasteiger partial charge in [0.05, 0.1) is 17.2 Å². The smallest absolute Gasteiger partial charge is 0.396 e. The van der Waals surface area contributed by atoms with Crippen LogP contribution < -0.4 is 4.90 Å². The van der Waals surface area contributed by atoms with Gasteiger partial charge in [-0.3, -0.25) is 0 Å². The number of nitriles is 1. The summed E-state index contributed by atoms with van der Waals surface area (Å²) in [6, 6.07) is 5.28. The lowest BCUT2D eigenvalue weighted by Crippen LogP contribution is -2.19.